The van der Waals surface area contributed by atoms with E-state index in [1.54, 1.807) is 11.1 Å². The van der Waals surface area contributed by atoms with Crippen molar-refractivity contribution in [3.63, 3.8) is 0 Å². The molecule has 0 saturated carbocycles. The van der Waals surface area contributed by atoms with Crippen LogP contribution in [0.25, 0.3) is 0 Å². The highest BCUT2D eigenvalue weighted by Gasteiger charge is 2.32. The van der Waals surface area contributed by atoms with E-state index >= 15 is 0 Å². The molecule has 3 heteroatoms. The highest BCUT2D eigenvalue weighted by molar-refractivity contribution is 5.29. The Balaban J connectivity index is 1.58. The first kappa shape index (κ1) is 13.1. The lowest BCUT2D eigenvalue weighted by molar-refractivity contribution is 0.0914. The number of hydrogen-bond acceptors (Lipinski definition) is 2. The van der Waals surface area contributed by atoms with Gasteiger partial charge in [0.15, 0.2) is 0 Å². The minimum atomic E-state index is 0.674. The van der Waals surface area contributed by atoms with Gasteiger partial charge in [0.25, 0.3) is 0 Å². The summed E-state index contributed by atoms with van der Waals surface area (Å²) in [6, 6.07) is 9.71. The van der Waals surface area contributed by atoms with Crippen LogP contribution in [0.2, 0.25) is 0 Å². The number of rotatable bonds is 2. The third-order valence-electron chi connectivity index (χ3n) is 5.11. The molecule has 1 saturated heterocycles. The van der Waals surface area contributed by atoms with Crippen LogP contribution in [0.4, 0.5) is 0 Å². The average molecular weight is 281 g/mol. The fourth-order valence-electron chi connectivity index (χ4n) is 4.03. The van der Waals surface area contributed by atoms with E-state index in [-0.39, 0.29) is 0 Å². The Kier molecular flexibility index (Phi) is 3.30. The summed E-state index contributed by atoms with van der Waals surface area (Å²) in [7, 11) is 0. The molecule has 3 nitrogen and oxygen atoms in total. The van der Waals surface area contributed by atoms with Crippen LogP contribution in [0.1, 0.15) is 35.5 Å². The van der Waals surface area contributed by atoms with Gasteiger partial charge in [-0.05, 0) is 49.7 Å². The minimum Gasteiger partial charge on any atom is -0.345 e. The number of imidazole rings is 1. The molecule has 5 rings (SSSR count). The lowest BCUT2D eigenvalue weighted by Crippen LogP contribution is -2.46. The smallest absolute Gasteiger partial charge is 0.120 e. The van der Waals surface area contributed by atoms with Gasteiger partial charge >= 0.3 is 0 Å². The van der Waals surface area contributed by atoms with Crippen LogP contribution < -0.4 is 0 Å². The van der Waals surface area contributed by atoms with E-state index in [0.29, 0.717) is 6.04 Å². The van der Waals surface area contributed by atoms with Crippen LogP contribution in [0.3, 0.4) is 0 Å². The molecule has 2 bridgehead atoms. The van der Waals surface area contributed by atoms with Gasteiger partial charge in [-0.3, -0.25) is 4.90 Å². The molecule has 0 spiro atoms. The minimum absolute atomic E-state index is 0.674. The van der Waals surface area contributed by atoms with Crippen LogP contribution >= 0.6 is 0 Å². The lowest BCUT2D eigenvalue weighted by atomic mass is 9.80. The quantitative estimate of drug-likeness (QED) is 0.917. The normalized spacial score (nSPS) is 25.4. The van der Waals surface area contributed by atoms with Crippen molar-refractivity contribution in [1.82, 2.24) is 14.9 Å². The van der Waals surface area contributed by atoms with E-state index in [1.807, 2.05) is 6.20 Å². The molecule has 1 fully saturated rings. The van der Waals surface area contributed by atoms with Gasteiger partial charge in [-0.2, -0.15) is 0 Å². The Hall–Kier alpha value is -1.61. The molecule has 1 aliphatic carbocycles. The van der Waals surface area contributed by atoms with Crippen LogP contribution in [0.15, 0.2) is 30.5 Å². The third-order valence-corrected chi connectivity index (χ3v) is 5.11. The number of aromatic amines is 1. The fraction of sp³-hybridized carbons (Fsp3) is 0.500. The van der Waals surface area contributed by atoms with Crippen LogP contribution in [-0.2, 0) is 19.4 Å². The number of piperidine rings is 1. The van der Waals surface area contributed by atoms with E-state index in [4.69, 9.17) is 0 Å². The number of benzene rings is 1. The van der Waals surface area contributed by atoms with Crippen LogP contribution in [-0.4, -0.2) is 27.5 Å². The van der Waals surface area contributed by atoms with Crippen LogP contribution in [0.5, 0.6) is 0 Å². The van der Waals surface area contributed by atoms with Crippen molar-refractivity contribution < 1.29 is 0 Å². The number of nitrogens with one attached hydrogen (secondary N) is 1. The van der Waals surface area contributed by atoms with Crippen molar-refractivity contribution in [2.24, 2.45) is 5.92 Å². The lowest BCUT2D eigenvalue weighted by Gasteiger charge is -2.42. The van der Waals surface area contributed by atoms with E-state index in [0.717, 1.165) is 24.0 Å². The predicted octanol–water partition coefficient (Wildman–Crippen LogP) is 3.10. The monoisotopic (exact) mass is 281 g/mol. The SMILES string of the molecule is Cc1cnc(CN2C[C@@H]3CC[C@H]2Cc2ccccc2C3)[nH]1. The summed E-state index contributed by atoms with van der Waals surface area (Å²) in [6.45, 7) is 4.27. The Bertz CT molecular complexity index is 631. The number of nitrogens with zero attached hydrogens (tertiary/aromatic N) is 2. The zero-order valence-corrected chi connectivity index (χ0v) is 12.7. The number of fused-ring (bicyclic) bond motifs is 2. The molecule has 2 atom stereocenters. The van der Waals surface area contributed by atoms with Gasteiger partial charge in [-0.25, -0.2) is 4.98 Å². The molecule has 0 unspecified atom stereocenters. The molecule has 1 aromatic heterocycles. The number of H-pyrrole nitrogens is 1. The van der Waals surface area contributed by atoms with E-state index in [1.165, 1.54) is 32.2 Å². The van der Waals surface area contributed by atoms with Gasteiger partial charge in [0.1, 0.15) is 5.82 Å². The topological polar surface area (TPSA) is 31.9 Å². The number of aromatic nitrogens is 2. The average Bonchev–Trinajstić information content (AvgIpc) is 2.85. The van der Waals surface area contributed by atoms with Crippen molar-refractivity contribution in [3.8, 4) is 0 Å². The molecule has 0 amide bonds. The zero-order chi connectivity index (χ0) is 14.2. The van der Waals surface area contributed by atoms with Crippen molar-refractivity contribution in [2.75, 3.05) is 6.54 Å². The van der Waals surface area contributed by atoms with Gasteiger partial charge < -0.3 is 4.98 Å². The summed E-state index contributed by atoms with van der Waals surface area (Å²) in [4.78, 5) is 10.5. The van der Waals surface area contributed by atoms with E-state index in [2.05, 4.69) is 46.1 Å². The molecular formula is C18H23N3. The molecule has 1 aromatic carbocycles. The van der Waals surface area contributed by atoms with Gasteiger partial charge in [0.05, 0.1) is 6.54 Å². The standard InChI is InChI=1S/C18H23N3/c1-13-10-19-18(20-13)12-21-11-14-6-7-17(21)9-16-5-3-2-4-15(16)8-14/h2-5,10,14,17H,6-9,11-12H2,1H3,(H,19,20)/t14-,17+/m1/s1. The molecule has 0 radical (unpaired) electrons. The van der Waals surface area contributed by atoms with E-state index in [9.17, 15) is 0 Å². The first-order valence-electron chi connectivity index (χ1n) is 8.09. The molecule has 21 heavy (non-hydrogen) atoms. The second-order valence-electron chi connectivity index (χ2n) is 6.72. The fourth-order valence-corrected chi connectivity index (χ4v) is 4.03. The molecule has 2 aromatic rings. The summed E-state index contributed by atoms with van der Waals surface area (Å²) < 4.78 is 0. The largest absolute Gasteiger partial charge is 0.345 e. The Morgan fingerprint density at radius 1 is 1.19 bits per heavy atom. The summed E-state index contributed by atoms with van der Waals surface area (Å²) >= 11 is 0. The maximum Gasteiger partial charge on any atom is 0.120 e. The van der Waals surface area contributed by atoms with Crippen molar-refractivity contribution in [3.05, 3.63) is 53.1 Å². The van der Waals surface area contributed by atoms with Gasteiger partial charge in [0, 0.05) is 24.5 Å². The van der Waals surface area contributed by atoms with Gasteiger partial charge in [0.2, 0.25) is 0 Å². The molecule has 3 aliphatic rings. The summed E-state index contributed by atoms with van der Waals surface area (Å²) in [5.74, 6) is 1.92. The molecule has 1 N–H and O–H groups in total. The van der Waals surface area contributed by atoms with Crippen molar-refractivity contribution in [1.29, 1.82) is 0 Å². The van der Waals surface area contributed by atoms with Gasteiger partial charge in [-0.1, -0.05) is 24.3 Å². The Labute approximate surface area is 126 Å². The predicted molar refractivity (Wildman–Crippen MR) is 84.1 cm³/mol. The summed E-state index contributed by atoms with van der Waals surface area (Å²) in [6.07, 6.45) is 7.09. The summed E-state index contributed by atoms with van der Waals surface area (Å²) in [5.41, 5.74) is 4.31. The number of aryl methyl sites for hydroxylation is 1. The summed E-state index contributed by atoms with van der Waals surface area (Å²) in [5, 5.41) is 0. The second-order valence-corrected chi connectivity index (χ2v) is 6.72. The molecular weight excluding hydrogens is 258 g/mol. The highest BCUT2D eigenvalue weighted by Crippen LogP contribution is 2.32. The van der Waals surface area contributed by atoms with Crippen molar-refractivity contribution in [2.45, 2.75) is 45.2 Å². The van der Waals surface area contributed by atoms with Gasteiger partial charge in [-0.15, -0.1) is 0 Å². The Morgan fingerprint density at radius 3 is 2.76 bits per heavy atom. The maximum atomic E-state index is 4.49. The molecule has 2 aliphatic heterocycles. The highest BCUT2D eigenvalue weighted by atomic mass is 15.2. The zero-order valence-electron chi connectivity index (χ0n) is 12.7. The molecule has 110 valence electrons. The first-order valence-corrected chi connectivity index (χ1v) is 8.09. The van der Waals surface area contributed by atoms with Crippen molar-refractivity contribution >= 4 is 0 Å². The Morgan fingerprint density at radius 2 is 2.00 bits per heavy atom. The first-order chi connectivity index (χ1) is 10.3. The molecule has 3 heterocycles. The van der Waals surface area contributed by atoms with Crippen LogP contribution in [0, 0.1) is 12.8 Å². The second kappa shape index (κ2) is 5.30. The van der Waals surface area contributed by atoms with E-state index < -0.39 is 0 Å². The maximum absolute atomic E-state index is 4.49. The number of hydrogen-bond donors (Lipinski definition) is 1. The third kappa shape index (κ3) is 2.62.